The summed E-state index contributed by atoms with van der Waals surface area (Å²) in [4.78, 5) is 0. The van der Waals surface area contributed by atoms with Crippen molar-refractivity contribution in [2.45, 2.75) is 12.1 Å². The molecule has 0 saturated heterocycles. The van der Waals surface area contributed by atoms with Gasteiger partial charge in [-0.3, -0.25) is 0 Å². The van der Waals surface area contributed by atoms with Crippen LogP contribution in [-0.4, -0.2) is 0 Å². The highest BCUT2D eigenvalue weighted by Crippen LogP contribution is 2.39. The van der Waals surface area contributed by atoms with Gasteiger partial charge in [0.25, 0.3) is 0 Å². The molecule has 0 heterocycles. The Hall–Kier alpha value is -2.24. The number of hydrogen-bond acceptors (Lipinski definition) is 0. The summed E-state index contributed by atoms with van der Waals surface area (Å²) in [5.41, 5.74) is -1.68. The van der Waals surface area contributed by atoms with E-state index in [-0.39, 0.29) is 5.56 Å². The van der Waals surface area contributed by atoms with Gasteiger partial charge in [0.2, 0.25) is 0 Å². The van der Waals surface area contributed by atoms with Crippen LogP contribution in [0.1, 0.15) is 16.7 Å². The number of alkyl halides is 5. The van der Waals surface area contributed by atoms with Crippen LogP contribution in [0.5, 0.6) is 0 Å². The van der Waals surface area contributed by atoms with Gasteiger partial charge in [-0.1, -0.05) is 42.5 Å². The molecule has 0 saturated carbocycles. The molecule has 116 valence electrons. The monoisotopic (exact) mass is 316 g/mol. The molecule has 0 radical (unpaired) electrons. The number of rotatable bonds is 3. The van der Waals surface area contributed by atoms with Crippen molar-refractivity contribution in [2.24, 2.45) is 0 Å². The molecule has 2 aromatic carbocycles. The minimum absolute atomic E-state index is 0.228. The normalized spacial score (nSPS) is 13.3. The summed E-state index contributed by atoms with van der Waals surface area (Å²) < 4.78 is 78.8. The second kappa shape index (κ2) is 5.87. The van der Waals surface area contributed by atoms with Crippen molar-refractivity contribution >= 4 is 6.08 Å². The molecular formula is C16H10F6. The van der Waals surface area contributed by atoms with E-state index in [9.17, 15) is 26.3 Å². The summed E-state index contributed by atoms with van der Waals surface area (Å²) in [5, 5.41) is 0. The summed E-state index contributed by atoms with van der Waals surface area (Å²) in [6, 6.07) is 9.75. The van der Waals surface area contributed by atoms with Crippen molar-refractivity contribution in [3.05, 3.63) is 77.1 Å². The van der Waals surface area contributed by atoms with Crippen molar-refractivity contribution < 1.29 is 26.3 Å². The lowest BCUT2D eigenvalue weighted by Gasteiger charge is -2.16. The first-order valence-corrected chi connectivity index (χ1v) is 6.19. The maximum absolute atomic E-state index is 13.9. The van der Waals surface area contributed by atoms with Gasteiger partial charge in [0.05, 0.1) is 5.56 Å². The molecule has 0 atom stereocenters. The number of halogens is 6. The lowest BCUT2D eigenvalue weighted by atomic mass is 10.0. The molecule has 0 aromatic heterocycles. The van der Waals surface area contributed by atoms with Crippen LogP contribution in [0.3, 0.4) is 0 Å². The first-order chi connectivity index (χ1) is 10.2. The molecule has 0 spiro atoms. The first kappa shape index (κ1) is 16.1. The third-order valence-electron chi connectivity index (χ3n) is 2.97. The van der Waals surface area contributed by atoms with Gasteiger partial charge in [0, 0.05) is 5.56 Å². The van der Waals surface area contributed by atoms with E-state index in [0.717, 1.165) is 0 Å². The maximum atomic E-state index is 13.9. The van der Waals surface area contributed by atoms with Gasteiger partial charge < -0.3 is 0 Å². The van der Waals surface area contributed by atoms with E-state index in [4.69, 9.17) is 0 Å². The van der Waals surface area contributed by atoms with Gasteiger partial charge in [-0.25, -0.2) is 4.39 Å². The molecule has 2 aromatic rings. The lowest BCUT2D eigenvalue weighted by molar-refractivity contribution is -0.137. The van der Waals surface area contributed by atoms with Gasteiger partial charge in [-0.2, -0.15) is 22.0 Å². The molecule has 0 amide bonds. The van der Waals surface area contributed by atoms with Crippen LogP contribution < -0.4 is 0 Å². The Morgan fingerprint density at radius 1 is 0.727 bits per heavy atom. The zero-order valence-electron chi connectivity index (χ0n) is 11.0. The standard InChI is InChI=1S/C16H10F6/c17-14(10-11-4-2-1-3-5-11)15(18,19)12-6-8-13(9-7-12)16(20,21)22/h1-10H/b14-10-. The van der Waals surface area contributed by atoms with Gasteiger partial charge in [0.15, 0.2) is 5.83 Å². The highest BCUT2D eigenvalue weighted by molar-refractivity contribution is 5.53. The highest BCUT2D eigenvalue weighted by atomic mass is 19.4. The molecule has 0 bridgehead atoms. The van der Waals surface area contributed by atoms with Crippen LogP contribution in [0.25, 0.3) is 6.08 Å². The van der Waals surface area contributed by atoms with Crippen LogP contribution >= 0.6 is 0 Å². The molecule has 0 fully saturated rings. The highest BCUT2D eigenvalue weighted by Gasteiger charge is 2.38. The third kappa shape index (κ3) is 3.50. The van der Waals surface area contributed by atoms with Gasteiger partial charge >= 0.3 is 12.1 Å². The van der Waals surface area contributed by atoms with Crippen LogP contribution in [-0.2, 0) is 12.1 Å². The Morgan fingerprint density at radius 2 is 1.23 bits per heavy atom. The number of hydrogen-bond donors (Lipinski definition) is 0. The van der Waals surface area contributed by atoms with Crippen molar-refractivity contribution in [3.63, 3.8) is 0 Å². The number of allylic oxidation sites excluding steroid dienone is 1. The summed E-state index contributed by atoms with van der Waals surface area (Å²) in [6.07, 6.45) is -3.98. The molecule has 22 heavy (non-hydrogen) atoms. The summed E-state index contributed by atoms with van der Waals surface area (Å²) in [5.74, 6) is -5.74. The predicted octanol–water partition coefficient (Wildman–Crippen LogP) is 5.81. The van der Waals surface area contributed by atoms with E-state index in [2.05, 4.69) is 0 Å². The van der Waals surface area contributed by atoms with E-state index in [1.807, 2.05) is 0 Å². The molecule has 0 aliphatic heterocycles. The Morgan fingerprint density at radius 3 is 1.73 bits per heavy atom. The van der Waals surface area contributed by atoms with E-state index < -0.39 is 29.1 Å². The van der Waals surface area contributed by atoms with Gasteiger partial charge in [0.1, 0.15) is 0 Å². The van der Waals surface area contributed by atoms with Crippen LogP contribution in [0, 0.1) is 0 Å². The quantitative estimate of drug-likeness (QED) is 0.627. The van der Waals surface area contributed by atoms with Gasteiger partial charge in [-0.05, 0) is 23.8 Å². The molecule has 0 aliphatic rings. The second-order valence-electron chi connectivity index (χ2n) is 4.55. The fourth-order valence-electron chi connectivity index (χ4n) is 1.79. The average Bonchev–Trinajstić information content (AvgIpc) is 2.47. The summed E-state index contributed by atoms with van der Waals surface area (Å²) in [6.45, 7) is 0. The second-order valence-corrected chi connectivity index (χ2v) is 4.55. The lowest BCUT2D eigenvalue weighted by Crippen LogP contribution is -2.15. The fraction of sp³-hybridized carbons (Fsp3) is 0.125. The molecule has 6 heteroatoms. The Balaban J connectivity index is 2.31. The average molecular weight is 316 g/mol. The minimum atomic E-state index is -4.63. The fourth-order valence-corrected chi connectivity index (χ4v) is 1.79. The Labute approximate surface area is 122 Å². The molecule has 0 N–H and O–H groups in total. The van der Waals surface area contributed by atoms with E-state index in [1.165, 1.54) is 12.1 Å². The Kier molecular flexibility index (Phi) is 4.30. The zero-order chi connectivity index (χ0) is 16.4. The largest absolute Gasteiger partial charge is 0.416 e. The SMILES string of the molecule is F/C(=C\c1ccccc1)C(F)(F)c1ccc(C(F)(F)F)cc1. The van der Waals surface area contributed by atoms with Crippen molar-refractivity contribution in [1.82, 2.24) is 0 Å². The smallest absolute Gasteiger partial charge is 0.205 e. The maximum Gasteiger partial charge on any atom is 0.416 e. The topological polar surface area (TPSA) is 0 Å². The Bertz CT molecular complexity index is 653. The first-order valence-electron chi connectivity index (χ1n) is 6.19. The molecule has 0 nitrogen and oxygen atoms in total. The van der Waals surface area contributed by atoms with Crippen molar-refractivity contribution in [2.75, 3.05) is 0 Å². The predicted molar refractivity (Wildman–Crippen MR) is 70.9 cm³/mol. The molecule has 0 unspecified atom stereocenters. The van der Waals surface area contributed by atoms with E-state index >= 15 is 0 Å². The third-order valence-corrected chi connectivity index (χ3v) is 2.97. The zero-order valence-corrected chi connectivity index (χ0v) is 11.0. The van der Waals surface area contributed by atoms with Crippen LogP contribution in [0.2, 0.25) is 0 Å². The van der Waals surface area contributed by atoms with E-state index in [1.54, 1.807) is 18.2 Å². The van der Waals surface area contributed by atoms with Gasteiger partial charge in [-0.15, -0.1) is 0 Å². The summed E-state index contributed by atoms with van der Waals surface area (Å²) >= 11 is 0. The minimum Gasteiger partial charge on any atom is -0.205 e. The van der Waals surface area contributed by atoms with E-state index in [0.29, 0.717) is 30.3 Å². The van der Waals surface area contributed by atoms with Crippen molar-refractivity contribution in [1.29, 1.82) is 0 Å². The van der Waals surface area contributed by atoms with Crippen LogP contribution in [0.15, 0.2) is 60.4 Å². The van der Waals surface area contributed by atoms with Crippen molar-refractivity contribution in [3.8, 4) is 0 Å². The number of benzene rings is 2. The molecule has 0 aliphatic carbocycles. The molecule has 2 rings (SSSR count). The summed E-state index contributed by atoms with van der Waals surface area (Å²) in [7, 11) is 0. The molecular weight excluding hydrogens is 306 g/mol. The van der Waals surface area contributed by atoms with Crippen LogP contribution in [0.4, 0.5) is 26.3 Å².